The third-order valence-electron chi connectivity index (χ3n) is 3.30. The second-order valence-electron chi connectivity index (χ2n) is 4.82. The highest BCUT2D eigenvalue weighted by Gasteiger charge is 2.17. The molecule has 20 heavy (non-hydrogen) atoms. The molecular weight excluding hydrogens is 276 g/mol. The Bertz CT molecular complexity index is 466. The molecule has 110 valence electrons. The monoisotopic (exact) mass is 296 g/mol. The Balaban J connectivity index is 1.88. The Morgan fingerprint density at radius 2 is 1.90 bits per heavy atom. The summed E-state index contributed by atoms with van der Waals surface area (Å²) in [5.74, 6) is 1.34. The number of benzene rings is 1. The maximum Gasteiger partial charge on any atom is 0.251 e. The first-order chi connectivity index (χ1) is 9.69. The van der Waals surface area contributed by atoms with Gasteiger partial charge in [0, 0.05) is 46.1 Å². The summed E-state index contributed by atoms with van der Waals surface area (Å²) in [5, 5.41) is 14.7. The van der Waals surface area contributed by atoms with E-state index < -0.39 is 10.8 Å². The zero-order valence-corrected chi connectivity index (χ0v) is 12.1. The van der Waals surface area contributed by atoms with Crippen molar-refractivity contribution in [3.8, 4) is 0 Å². The first-order valence-corrected chi connectivity index (χ1v) is 8.28. The summed E-state index contributed by atoms with van der Waals surface area (Å²) >= 11 is 0. The Hall–Kier alpha value is -1.40. The smallest absolute Gasteiger partial charge is 0.251 e. The number of aliphatic hydroxyl groups is 1. The molecule has 0 radical (unpaired) electrons. The number of hydrogen-bond donors (Lipinski definition) is 3. The minimum atomic E-state index is -0.645. The van der Waals surface area contributed by atoms with Crippen LogP contribution in [0.3, 0.4) is 0 Å². The van der Waals surface area contributed by atoms with Crippen molar-refractivity contribution in [2.45, 2.75) is 18.9 Å². The predicted molar refractivity (Wildman–Crippen MR) is 80.4 cm³/mol. The van der Waals surface area contributed by atoms with Crippen molar-refractivity contribution < 1.29 is 14.1 Å². The van der Waals surface area contributed by atoms with Gasteiger partial charge in [0.25, 0.3) is 5.91 Å². The molecular formula is C14H20N2O3S. The van der Waals surface area contributed by atoms with Gasteiger partial charge in [0.15, 0.2) is 0 Å². The van der Waals surface area contributed by atoms with Gasteiger partial charge in [-0.2, -0.15) is 0 Å². The first kappa shape index (κ1) is 15.0. The standard InChI is InChI=1S/C14H20N2O3S/c17-8-7-15-14(18)11-1-3-12(4-2-11)16-13-5-9-20(19)10-6-13/h1-4,13,16-17H,5-10H2,(H,15,18). The fourth-order valence-electron chi connectivity index (χ4n) is 2.16. The van der Waals surface area contributed by atoms with Crippen molar-refractivity contribution in [3.63, 3.8) is 0 Å². The molecule has 1 aliphatic rings. The van der Waals surface area contributed by atoms with Gasteiger partial charge in [-0.25, -0.2) is 0 Å². The molecule has 0 aromatic heterocycles. The summed E-state index contributed by atoms with van der Waals surface area (Å²) in [6, 6.07) is 7.63. The lowest BCUT2D eigenvalue weighted by atomic mass is 10.1. The Morgan fingerprint density at radius 3 is 2.50 bits per heavy atom. The molecule has 1 aromatic carbocycles. The van der Waals surface area contributed by atoms with Gasteiger partial charge in [-0.05, 0) is 37.1 Å². The molecule has 3 N–H and O–H groups in total. The van der Waals surface area contributed by atoms with Crippen LogP contribution in [0.1, 0.15) is 23.2 Å². The Labute approximate surface area is 121 Å². The average molecular weight is 296 g/mol. The number of rotatable bonds is 5. The van der Waals surface area contributed by atoms with Gasteiger partial charge in [-0.3, -0.25) is 9.00 Å². The number of carbonyl (C=O) groups excluding carboxylic acids is 1. The fraction of sp³-hybridized carbons (Fsp3) is 0.500. The molecule has 6 heteroatoms. The van der Waals surface area contributed by atoms with Crippen LogP contribution >= 0.6 is 0 Å². The van der Waals surface area contributed by atoms with Crippen LogP contribution in [0.2, 0.25) is 0 Å². The molecule has 1 aliphatic heterocycles. The van der Waals surface area contributed by atoms with E-state index >= 15 is 0 Å². The molecule has 1 saturated heterocycles. The number of anilines is 1. The maximum absolute atomic E-state index is 11.7. The quantitative estimate of drug-likeness (QED) is 0.748. The molecule has 0 bridgehead atoms. The van der Waals surface area contributed by atoms with E-state index in [2.05, 4.69) is 10.6 Å². The number of hydrogen-bond acceptors (Lipinski definition) is 4. The second-order valence-corrected chi connectivity index (χ2v) is 6.52. The van der Waals surface area contributed by atoms with Gasteiger partial charge in [-0.1, -0.05) is 0 Å². The fourth-order valence-corrected chi connectivity index (χ4v) is 3.46. The Morgan fingerprint density at radius 1 is 1.25 bits per heavy atom. The highest BCUT2D eigenvalue weighted by molar-refractivity contribution is 7.85. The van der Waals surface area contributed by atoms with Crippen LogP contribution in [-0.4, -0.2) is 45.9 Å². The average Bonchev–Trinajstić information content (AvgIpc) is 2.48. The van der Waals surface area contributed by atoms with Crippen LogP contribution in [0.4, 0.5) is 5.69 Å². The third kappa shape index (κ3) is 4.31. The summed E-state index contributed by atoms with van der Waals surface area (Å²) in [5.41, 5.74) is 1.55. The van der Waals surface area contributed by atoms with Crippen molar-refractivity contribution in [2.75, 3.05) is 30.0 Å². The molecule has 1 amide bonds. The van der Waals surface area contributed by atoms with E-state index in [1.54, 1.807) is 12.1 Å². The summed E-state index contributed by atoms with van der Waals surface area (Å²) in [6.07, 6.45) is 1.84. The van der Waals surface area contributed by atoms with E-state index in [4.69, 9.17) is 5.11 Å². The highest BCUT2D eigenvalue weighted by atomic mass is 32.2. The maximum atomic E-state index is 11.7. The molecule has 1 aromatic rings. The minimum Gasteiger partial charge on any atom is -0.395 e. The molecule has 0 unspecified atom stereocenters. The largest absolute Gasteiger partial charge is 0.395 e. The first-order valence-electron chi connectivity index (χ1n) is 6.79. The Kier molecular flexibility index (Phi) is 5.55. The lowest BCUT2D eigenvalue weighted by Gasteiger charge is -2.23. The minimum absolute atomic E-state index is 0.0611. The summed E-state index contributed by atoms with van der Waals surface area (Å²) in [6.45, 7) is 0.201. The molecule has 0 saturated carbocycles. The van der Waals surface area contributed by atoms with E-state index in [-0.39, 0.29) is 19.1 Å². The SMILES string of the molecule is O=C(NCCO)c1ccc(NC2CCS(=O)CC2)cc1. The number of nitrogens with one attached hydrogen (secondary N) is 2. The number of amides is 1. The molecule has 0 spiro atoms. The van der Waals surface area contributed by atoms with Crippen LogP contribution < -0.4 is 10.6 Å². The van der Waals surface area contributed by atoms with Gasteiger partial charge in [-0.15, -0.1) is 0 Å². The molecule has 0 aliphatic carbocycles. The molecule has 2 rings (SSSR count). The van der Waals surface area contributed by atoms with E-state index in [1.165, 1.54) is 0 Å². The van der Waals surface area contributed by atoms with Crippen molar-refractivity contribution in [1.29, 1.82) is 0 Å². The number of aliphatic hydroxyl groups excluding tert-OH is 1. The van der Waals surface area contributed by atoms with Crippen molar-refractivity contribution >= 4 is 22.4 Å². The van der Waals surface area contributed by atoms with E-state index in [9.17, 15) is 9.00 Å². The van der Waals surface area contributed by atoms with Gasteiger partial charge in [0.1, 0.15) is 0 Å². The van der Waals surface area contributed by atoms with Crippen LogP contribution in [0.5, 0.6) is 0 Å². The van der Waals surface area contributed by atoms with E-state index in [1.807, 2.05) is 12.1 Å². The summed E-state index contributed by atoms with van der Waals surface area (Å²) < 4.78 is 11.3. The van der Waals surface area contributed by atoms with Gasteiger partial charge in [0.2, 0.25) is 0 Å². The topological polar surface area (TPSA) is 78.4 Å². The molecule has 5 nitrogen and oxygen atoms in total. The highest BCUT2D eigenvalue weighted by Crippen LogP contribution is 2.17. The van der Waals surface area contributed by atoms with Gasteiger partial charge < -0.3 is 15.7 Å². The van der Waals surface area contributed by atoms with Crippen LogP contribution in [0, 0.1) is 0 Å². The molecule has 1 fully saturated rings. The number of carbonyl (C=O) groups is 1. The zero-order chi connectivity index (χ0) is 14.4. The van der Waals surface area contributed by atoms with Crippen LogP contribution in [-0.2, 0) is 10.8 Å². The molecule has 0 atom stereocenters. The van der Waals surface area contributed by atoms with Crippen molar-refractivity contribution in [3.05, 3.63) is 29.8 Å². The van der Waals surface area contributed by atoms with Crippen LogP contribution in [0.25, 0.3) is 0 Å². The van der Waals surface area contributed by atoms with E-state index in [0.29, 0.717) is 11.6 Å². The summed E-state index contributed by atoms with van der Waals surface area (Å²) in [7, 11) is -0.645. The zero-order valence-electron chi connectivity index (χ0n) is 11.3. The van der Waals surface area contributed by atoms with Crippen molar-refractivity contribution in [2.24, 2.45) is 0 Å². The van der Waals surface area contributed by atoms with Crippen molar-refractivity contribution in [1.82, 2.24) is 5.32 Å². The molecule has 1 heterocycles. The van der Waals surface area contributed by atoms with Gasteiger partial charge in [0.05, 0.1) is 6.61 Å². The third-order valence-corrected chi connectivity index (χ3v) is 4.69. The van der Waals surface area contributed by atoms with Gasteiger partial charge >= 0.3 is 0 Å². The normalized spacial score (nSPS) is 22.2. The predicted octanol–water partition coefficient (Wildman–Crippen LogP) is 0.732. The summed E-state index contributed by atoms with van der Waals surface area (Å²) in [4.78, 5) is 11.7. The lowest BCUT2D eigenvalue weighted by molar-refractivity contribution is 0.0945. The van der Waals surface area contributed by atoms with E-state index in [0.717, 1.165) is 30.0 Å². The lowest BCUT2D eigenvalue weighted by Crippen LogP contribution is -2.29. The second kappa shape index (κ2) is 7.40. The van der Waals surface area contributed by atoms with Crippen LogP contribution in [0.15, 0.2) is 24.3 Å².